The van der Waals surface area contributed by atoms with E-state index in [4.69, 9.17) is 10.00 Å². The van der Waals surface area contributed by atoms with Gasteiger partial charge in [-0.15, -0.1) is 0 Å². The van der Waals surface area contributed by atoms with Crippen molar-refractivity contribution in [2.45, 2.75) is 0 Å². The lowest BCUT2D eigenvalue weighted by molar-refractivity contribution is 0.0603. The first-order chi connectivity index (χ1) is 11.2. The van der Waals surface area contributed by atoms with Gasteiger partial charge in [-0.1, -0.05) is 18.2 Å². The zero-order valence-electron chi connectivity index (χ0n) is 12.4. The van der Waals surface area contributed by atoms with Crippen LogP contribution >= 0.6 is 0 Å². The maximum atomic E-state index is 11.9. The highest BCUT2D eigenvalue weighted by atomic mass is 16.5. The number of carbonyl (C=O) groups excluding carboxylic acids is 1. The molecule has 4 nitrogen and oxygen atoms in total. The Hall–Kier alpha value is -3.50. The summed E-state index contributed by atoms with van der Waals surface area (Å²) in [5, 5.41) is 9.60. The van der Waals surface area contributed by atoms with Gasteiger partial charge in [0, 0.05) is 23.2 Å². The number of methoxy groups -OCH3 is 1. The summed E-state index contributed by atoms with van der Waals surface area (Å²) in [4.78, 5) is 11.9. The molecule has 0 saturated carbocycles. The predicted octanol–water partition coefficient (Wildman–Crippen LogP) is 3.16. The fourth-order valence-corrected chi connectivity index (χ4v) is 2.30. The van der Waals surface area contributed by atoms with Crippen LogP contribution in [0.5, 0.6) is 0 Å². The average Bonchev–Trinajstić information content (AvgIpc) is 2.98. The van der Waals surface area contributed by atoms with Gasteiger partial charge in [-0.2, -0.15) is 5.26 Å². The van der Waals surface area contributed by atoms with E-state index in [0.29, 0.717) is 11.1 Å². The van der Waals surface area contributed by atoms with Crippen LogP contribution in [0.25, 0.3) is 10.9 Å². The van der Waals surface area contributed by atoms with Crippen LogP contribution in [0, 0.1) is 23.3 Å². The van der Waals surface area contributed by atoms with E-state index in [1.54, 1.807) is 35.0 Å². The van der Waals surface area contributed by atoms with Gasteiger partial charge in [0.2, 0.25) is 0 Å². The Bertz CT molecular complexity index is 980. The summed E-state index contributed by atoms with van der Waals surface area (Å²) in [6.45, 7) is 0. The number of aromatic nitrogens is 1. The molecule has 1 aromatic heterocycles. The van der Waals surface area contributed by atoms with Gasteiger partial charge in [0.15, 0.2) is 0 Å². The Morgan fingerprint density at radius 2 is 1.78 bits per heavy atom. The van der Waals surface area contributed by atoms with Crippen molar-refractivity contribution in [1.82, 2.24) is 4.57 Å². The molecule has 0 spiro atoms. The van der Waals surface area contributed by atoms with Crippen molar-refractivity contribution in [2.75, 3.05) is 7.11 Å². The Labute approximate surface area is 133 Å². The number of hydrogen-bond donors (Lipinski definition) is 0. The molecule has 0 radical (unpaired) electrons. The summed E-state index contributed by atoms with van der Waals surface area (Å²) in [7, 11) is 1.36. The summed E-state index contributed by atoms with van der Waals surface area (Å²) in [5.74, 6) is 2.64. The second-order valence-corrected chi connectivity index (χ2v) is 4.85. The second-order valence-electron chi connectivity index (χ2n) is 4.85. The number of nitrogens with zero attached hydrogens (tertiary/aromatic N) is 2. The molecule has 0 atom stereocenters. The van der Waals surface area contributed by atoms with Crippen molar-refractivity contribution in [3.05, 3.63) is 71.4 Å². The lowest BCUT2D eigenvalue weighted by atomic mass is 10.1. The first kappa shape index (κ1) is 14.4. The van der Waals surface area contributed by atoms with Crippen LogP contribution in [0.2, 0.25) is 0 Å². The maximum absolute atomic E-state index is 11.9. The number of benzene rings is 2. The number of rotatable bonds is 1. The molecule has 0 aliphatic heterocycles. The molecule has 0 aliphatic carbocycles. The molecule has 1 heterocycles. The van der Waals surface area contributed by atoms with Crippen LogP contribution in [-0.4, -0.2) is 17.6 Å². The van der Waals surface area contributed by atoms with Crippen molar-refractivity contribution in [2.24, 2.45) is 0 Å². The average molecular weight is 300 g/mol. The van der Waals surface area contributed by atoms with Crippen LogP contribution in [0.15, 0.2) is 54.7 Å². The summed E-state index contributed by atoms with van der Waals surface area (Å²) < 4.78 is 6.52. The predicted molar refractivity (Wildman–Crippen MR) is 86.7 cm³/mol. The van der Waals surface area contributed by atoms with Crippen LogP contribution in [0.1, 0.15) is 21.5 Å². The minimum absolute atomic E-state index is 0.389. The van der Waals surface area contributed by atoms with Gasteiger partial charge in [0.25, 0.3) is 0 Å². The highest BCUT2D eigenvalue weighted by molar-refractivity contribution is 6.04. The van der Waals surface area contributed by atoms with E-state index >= 15 is 0 Å². The summed E-state index contributed by atoms with van der Waals surface area (Å²) in [6.07, 6.45) is 1.67. The Morgan fingerprint density at radius 1 is 1.09 bits per heavy atom. The van der Waals surface area contributed by atoms with Crippen molar-refractivity contribution in [1.29, 1.82) is 5.26 Å². The van der Waals surface area contributed by atoms with E-state index in [-0.39, 0.29) is 5.97 Å². The molecule has 0 unspecified atom stereocenters. The fourth-order valence-electron chi connectivity index (χ4n) is 2.30. The Balaban J connectivity index is 2.05. The number of nitriles is 1. The van der Waals surface area contributed by atoms with Crippen LogP contribution < -0.4 is 0 Å². The maximum Gasteiger partial charge on any atom is 0.340 e. The van der Waals surface area contributed by atoms with Crippen molar-refractivity contribution < 1.29 is 9.53 Å². The van der Waals surface area contributed by atoms with E-state index in [0.717, 1.165) is 16.5 Å². The van der Waals surface area contributed by atoms with Gasteiger partial charge in [0.05, 0.1) is 29.8 Å². The highest BCUT2D eigenvalue weighted by Crippen LogP contribution is 2.21. The molecule has 0 aliphatic rings. The number of hydrogen-bond acceptors (Lipinski definition) is 3. The van der Waals surface area contributed by atoms with Crippen LogP contribution in [0.4, 0.5) is 0 Å². The van der Waals surface area contributed by atoms with Gasteiger partial charge in [0.1, 0.15) is 0 Å². The third-order valence-electron chi connectivity index (χ3n) is 3.45. The van der Waals surface area contributed by atoms with Gasteiger partial charge in [-0.25, -0.2) is 4.79 Å². The Morgan fingerprint density at radius 3 is 2.48 bits per heavy atom. The Kier molecular flexibility index (Phi) is 3.82. The van der Waals surface area contributed by atoms with Gasteiger partial charge < -0.3 is 4.74 Å². The van der Waals surface area contributed by atoms with Gasteiger partial charge in [-0.05, 0) is 36.3 Å². The molecular weight excluding hydrogens is 288 g/mol. The number of carbonyl (C=O) groups is 1. The summed E-state index contributed by atoms with van der Waals surface area (Å²) in [6, 6.07) is 19.6. The van der Waals surface area contributed by atoms with Crippen molar-refractivity contribution in [3.8, 4) is 18.0 Å². The third kappa shape index (κ3) is 2.79. The number of fused-ring (bicyclic) bond motifs is 1. The van der Waals surface area contributed by atoms with E-state index in [2.05, 4.69) is 18.0 Å². The zero-order chi connectivity index (χ0) is 16.2. The monoisotopic (exact) mass is 300 g/mol. The molecular formula is C19H12N2O2. The fraction of sp³-hybridized carbons (Fsp3) is 0.0526. The molecule has 2 aromatic carbocycles. The normalized spacial score (nSPS) is 9.74. The van der Waals surface area contributed by atoms with Crippen molar-refractivity contribution >= 4 is 16.9 Å². The van der Waals surface area contributed by atoms with E-state index in [1.165, 1.54) is 7.11 Å². The highest BCUT2D eigenvalue weighted by Gasteiger charge is 2.14. The van der Waals surface area contributed by atoms with Crippen molar-refractivity contribution in [3.63, 3.8) is 0 Å². The van der Waals surface area contributed by atoms with Gasteiger partial charge >= 0.3 is 5.97 Å². The summed E-state index contributed by atoms with van der Waals surface area (Å²) in [5.41, 5.74) is 2.71. The minimum atomic E-state index is -0.389. The molecule has 3 aromatic rings. The third-order valence-corrected chi connectivity index (χ3v) is 3.45. The SMILES string of the molecule is COC(=O)c1cn(C#Cc2ccc(C#N)cc2)c2ccccc12. The zero-order valence-corrected chi connectivity index (χ0v) is 12.4. The molecule has 0 fully saturated rings. The van der Waals surface area contributed by atoms with E-state index in [1.807, 2.05) is 24.3 Å². The van der Waals surface area contributed by atoms with Crippen LogP contribution in [0.3, 0.4) is 0 Å². The summed E-state index contributed by atoms with van der Waals surface area (Å²) >= 11 is 0. The molecule has 0 amide bonds. The lowest BCUT2D eigenvalue weighted by Gasteiger charge is -1.95. The minimum Gasteiger partial charge on any atom is -0.465 e. The molecule has 110 valence electrons. The molecule has 0 bridgehead atoms. The number of para-hydroxylation sites is 1. The molecule has 0 N–H and O–H groups in total. The van der Waals surface area contributed by atoms with E-state index < -0.39 is 0 Å². The largest absolute Gasteiger partial charge is 0.465 e. The molecule has 4 heteroatoms. The second kappa shape index (κ2) is 6.09. The lowest BCUT2D eigenvalue weighted by Crippen LogP contribution is -1.99. The number of ether oxygens (including phenoxy) is 1. The topological polar surface area (TPSA) is 55.0 Å². The molecule has 0 saturated heterocycles. The standard InChI is InChI=1S/C19H12N2O2/c1-23-19(22)17-13-21(18-5-3-2-4-16(17)18)11-10-14-6-8-15(12-20)9-7-14/h2-9,13H,1H3. The van der Waals surface area contributed by atoms with Gasteiger partial charge in [-0.3, -0.25) is 4.57 Å². The first-order valence-corrected chi connectivity index (χ1v) is 6.93. The smallest absolute Gasteiger partial charge is 0.340 e. The molecule has 3 rings (SSSR count). The van der Waals surface area contributed by atoms with Crippen LogP contribution in [-0.2, 0) is 4.74 Å². The quantitative estimate of drug-likeness (QED) is 0.512. The number of esters is 1. The molecule has 23 heavy (non-hydrogen) atoms. The first-order valence-electron chi connectivity index (χ1n) is 6.93. The van der Waals surface area contributed by atoms with E-state index in [9.17, 15) is 4.79 Å².